The van der Waals surface area contributed by atoms with Crippen molar-refractivity contribution in [2.45, 2.75) is 0 Å². The molecule has 0 spiro atoms. The Labute approximate surface area is 63.3 Å². The van der Waals surface area contributed by atoms with Gasteiger partial charge in [-0.2, -0.15) is 8.39 Å². The zero-order chi connectivity index (χ0) is 9.12. The normalized spacial score (nSPS) is 21.9. The van der Waals surface area contributed by atoms with Gasteiger partial charge in [0.25, 0.3) is 0 Å². The van der Waals surface area contributed by atoms with Crippen LogP contribution in [0.5, 0.6) is 0 Å². The second kappa shape index (κ2) is 3.74. The van der Waals surface area contributed by atoms with E-state index in [1.165, 1.54) is 0 Å². The average molecular weight is 207 g/mol. The maximum Gasteiger partial charge on any atom is 0.375 e. The number of hydrogen-bond acceptors (Lipinski definition) is 3. The molecule has 0 aliphatic carbocycles. The number of nitrogens with one attached hydrogen (secondary N) is 1. The molecule has 0 saturated carbocycles. The highest BCUT2D eigenvalue weighted by Gasteiger charge is 2.20. The molecule has 0 saturated heterocycles. The fraction of sp³-hybridized carbons (Fsp3) is 1.00. The molecular formula is C2H9F2N3O2P2. The molecule has 9 heteroatoms. The lowest BCUT2D eigenvalue weighted by atomic mass is 11.8. The first-order valence-corrected chi connectivity index (χ1v) is 5.57. The minimum absolute atomic E-state index is 0.917. The van der Waals surface area contributed by atoms with E-state index in [0.717, 1.165) is 14.2 Å². The maximum absolute atomic E-state index is 12.6. The topological polar surface area (TPSA) is 80.7 Å². The molecule has 0 amide bonds. The lowest BCUT2D eigenvalue weighted by molar-refractivity contribution is 0.406. The molecular weight excluding hydrogens is 198 g/mol. The smallest absolute Gasteiger partial charge is 0.312 e. The van der Waals surface area contributed by atoms with Gasteiger partial charge in [-0.15, -0.1) is 4.52 Å². The summed E-state index contributed by atoms with van der Waals surface area (Å²) >= 11 is 0. The van der Waals surface area contributed by atoms with E-state index in [-0.39, 0.29) is 0 Å². The molecule has 5 nitrogen and oxygen atoms in total. The molecule has 2 atom stereocenters. The summed E-state index contributed by atoms with van der Waals surface area (Å²) in [6.45, 7) is 0. The highest BCUT2D eigenvalue weighted by Crippen LogP contribution is 2.60. The summed E-state index contributed by atoms with van der Waals surface area (Å²) in [6, 6.07) is 0. The summed E-state index contributed by atoms with van der Waals surface area (Å²) in [6.07, 6.45) is 0. The first kappa shape index (κ1) is 11.2. The van der Waals surface area contributed by atoms with Gasteiger partial charge in [-0.3, -0.25) is 0 Å². The van der Waals surface area contributed by atoms with Gasteiger partial charge in [0.1, 0.15) is 0 Å². The molecule has 0 fully saturated rings. The molecule has 68 valence electrons. The Morgan fingerprint density at radius 2 is 1.82 bits per heavy atom. The molecule has 0 bridgehead atoms. The summed E-state index contributed by atoms with van der Waals surface area (Å²) in [5, 5.41) is 6.62. The number of halogens is 2. The van der Waals surface area contributed by atoms with Gasteiger partial charge < -0.3 is 9.05 Å². The van der Waals surface area contributed by atoms with E-state index in [9.17, 15) is 8.39 Å². The SMILES string of the molecule is COP(=N)(F)N=P(N)(F)OC. The van der Waals surface area contributed by atoms with Crippen LogP contribution in [0.25, 0.3) is 0 Å². The third-order valence-corrected chi connectivity index (χ3v) is 3.63. The summed E-state index contributed by atoms with van der Waals surface area (Å²) in [7, 11) is -6.47. The fourth-order valence-electron chi connectivity index (χ4n) is 0.230. The van der Waals surface area contributed by atoms with Gasteiger partial charge in [0.2, 0.25) is 0 Å². The largest absolute Gasteiger partial charge is 0.375 e. The zero-order valence-corrected chi connectivity index (χ0v) is 7.78. The standard InChI is InChI=1S/C2H9F2N3O2P2/c1-8-10(3,5)7-11(4,6)9-2/h5H,6H2,1-2H3. The van der Waals surface area contributed by atoms with Crippen LogP contribution in [0.2, 0.25) is 0 Å². The maximum atomic E-state index is 12.6. The average Bonchev–Trinajstić information content (AvgIpc) is 1.86. The van der Waals surface area contributed by atoms with Gasteiger partial charge in [-0.1, -0.05) is 0 Å². The Balaban J connectivity index is 4.68. The van der Waals surface area contributed by atoms with Gasteiger partial charge in [-0.25, -0.2) is 10.7 Å². The van der Waals surface area contributed by atoms with E-state index < -0.39 is 15.5 Å². The molecule has 2 unspecified atom stereocenters. The lowest BCUT2D eigenvalue weighted by Gasteiger charge is -2.09. The van der Waals surface area contributed by atoms with Crippen LogP contribution in [0, 0.1) is 5.16 Å². The lowest BCUT2D eigenvalue weighted by Crippen LogP contribution is -1.90. The van der Waals surface area contributed by atoms with Crippen molar-refractivity contribution in [3.05, 3.63) is 0 Å². The number of nitrogens with zero attached hydrogens (tertiary/aromatic N) is 1. The van der Waals surface area contributed by atoms with Crippen molar-refractivity contribution in [2.24, 2.45) is 10.0 Å². The van der Waals surface area contributed by atoms with Crippen molar-refractivity contribution in [2.75, 3.05) is 14.2 Å². The summed E-state index contributed by atoms with van der Waals surface area (Å²) in [5.41, 5.74) is 4.72. The van der Waals surface area contributed by atoms with Crippen LogP contribution < -0.4 is 5.50 Å². The molecule has 0 aliphatic rings. The van der Waals surface area contributed by atoms with Crippen LogP contribution >= 0.6 is 15.5 Å². The quantitative estimate of drug-likeness (QED) is 0.698. The molecule has 0 radical (unpaired) electrons. The number of nitrogens with two attached hydrogens (primary N) is 1. The monoisotopic (exact) mass is 207 g/mol. The van der Waals surface area contributed by atoms with Gasteiger partial charge in [-0.05, 0) is 0 Å². The molecule has 0 rings (SSSR count). The first-order valence-electron chi connectivity index (χ1n) is 2.40. The summed E-state index contributed by atoms with van der Waals surface area (Å²) in [5.74, 6) is 0. The predicted octanol–water partition coefficient (Wildman–Crippen LogP) is 2.65. The minimum atomic E-state index is -4.26. The summed E-state index contributed by atoms with van der Waals surface area (Å²) < 4.78 is 35.7. The van der Waals surface area contributed by atoms with E-state index >= 15 is 0 Å². The van der Waals surface area contributed by atoms with Gasteiger partial charge in [0.15, 0.2) is 0 Å². The van der Waals surface area contributed by atoms with Crippen LogP contribution in [0.4, 0.5) is 8.39 Å². The molecule has 0 aromatic carbocycles. The Hall–Kier alpha value is 0.200. The van der Waals surface area contributed by atoms with Gasteiger partial charge >= 0.3 is 15.5 Å². The van der Waals surface area contributed by atoms with Crippen LogP contribution in [-0.2, 0) is 9.05 Å². The molecule has 0 heterocycles. The van der Waals surface area contributed by atoms with Crippen molar-refractivity contribution in [3.63, 3.8) is 0 Å². The Kier molecular flexibility index (Phi) is 3.80. The van der Waals surface area contributed by atoms with Crippen molar-refractivity contribution < 1.29 is 17.4 Å². The third kappa shape index (κ3) is 4.61. The highest BCUT2D eigenvalue weighted by molar-refractivity contribution is 7.65. The molecule has 11 heavy (non-hydrogen) atoms. The summed E-state index contributed by atoms with van der Waals surface area (Å²) in [4.78, 5) is 0. The van der Waals surface area contributed by atoms with Gasteiger partial charge in [0, 0.05) is 14.2 Å². The highest BCUT2D eigenvalue weighted by atomic mass is 31.3. The molecule has 0 aliphatic heterocycles. The van der Waals surface area contributed by atoms with Crippen LogP contribution in [-0.4, -0.2) is 14.2 Å². The van der Waals surface area contributed by atoms with E-state index in [2.05, 4.69) is 13.6 Å². The van der Waals surface area contributed by atoms with Crippen molar-refractivity contribution in [3.8, 4) is 0 Å². The van der Waals surface area contributed by atoms with Crippen molar-refractivity contribution in [1.82, 2.24) is 0 Å². The minimum Gasteiger partial charge on any atom is -0.312 e. The number of hydrogen-bond donors (Lipinski definition) is 2. The Bertz CT molecular complexity index is 225. The predicted molar refractivity (Wildman–Crippen MR) is 39.4 cm³/mol. The number of rotatable bonds is 3. The Morgan fingerprint density at radius 3 is 2.09 bits per heavy atom. The molecule has 3 N–H and O–H groups in total. The fourth-order valence-corrected chi connectivity index (χ4v) is 2.07. The van der Waals surface area contributed by atoms with Crippen molar-refractivity contribution in [1.29, 1.82) is 5.16 Å². The van der Waals surface area contributed by atoms with E-state index in [1.54, 1.807) is 0 Å². The molecule has 0 aromatic rings. The van der Waals surface area contributed by atoms with E-state index in [4.69, 9.17) is 10.7 Å². The third-order valence-electron chi connectivity index (χ3n) is 0.735. The first-order chi connectivity index (χ1) is 4.83. The second-order valence-corrected chi connectivity index (χ2v) is 5.04. The van der Waals surface area contributed by atoms with E-state index in [0.29, 0.717) is 0 Å². The van der Waals surface area contributed by atoms with Gasteiger partial charge in [0.05, 0.1) is 0 Å². The Morgan fingerprint density at radius 1 is 1.36 bits per heavy atom. The van der Waals surface area contributed by atoms with Crippen molar-refractivity contribution >= 4 is 15.5 Å². The molecule has 0 aromatic heterocycles. The van der Waals surface area contributed by atoms with Crippen LogP contribution in [0.15, 0.2) is 4.52 Å². The van der Waals surface area contributed by atoms with Crippen LogP contribution in [0.3, 0.4) is 0 Å². The second-order valence-electron chi connectivity index (χ2n) is 1.50. The zero-order valence-electron chi connectivity index (χ0n) is 5.99. The van der Waals surface area contributed by atoms with Crippen LogP contribution in [0.1, 0.15) is 0 Å². The van der Waals surface area contributed by atoms with E-state index in [1.807, 2.05) is 0 Å².